The first kappa shape index (κ1) is 17.2. The standard InChI is InChI=1S/C18H17FN2O3/c1-20-18(23)13-5-7-14(8-6-13)21-17(22)10-4-12-3-9-16(24-2)15(19)11-12/h3-11H,1-2H3,(H,20,23)(H,21,22)/b10-4+. The number of rotatable bonds is 5. The predicted molar refractivity (Wildman–Crippen MR) is 90.4 cm³/mol. The fourth-order valence-electron chi connectivity index (χ4n) is 1.99. The molecule has 0 aromatic heterocycles. The summed E-state index contributed by atoms with van der Waals surface area (Å²) < 4.78 is 18.4. The summed E-state index contributed by atoms with van der Waals surface area (Å²) in [6.07, 6.45) is 2.80. The van der Waals surface area contributed by atoms with Crippen molar-refractivity contribution in [2.75, 3.05) is 19.5 Å². The van der Waals surface area contributed by atoms with Crippen LogP contribution in [0.25, 0.3) is 6.08 Å². The predicted octanol–water partition coefficient (Wildman–Crippen LogP) is 2.85. The number of anilines is 1. The number of hydrogen-bond donors (Lipinski definition) is 2. The van der Waals surface area contributed by atoms with Gasteiger partial charge in [0.25, 0.3) is 5.91 Å². The summed E-state index contributed by atoms with van der Waals surface area (Å²) in [7, 11) is 2.93. The molecule has 24 heavy (non-hydrogen) atoms. The lowest BCUT2D eigenvalue weighted by Gasteiger charge is -2.04. The highest BCUT2D eigenvalue weighted by atomic mass is 19.1. The van der Waals surface area contributed by atoms with Gasteiger partial charge in [-0.1, -0.05) is 6.07 Å². The molecule has 2 rings (SSSR count). The van der Waals surface area contributed by atoms with Crippen molar-refractivity contribution in [1.29, 1.82) is 0 Å². The van der Waals surface area contributed by atoms with Crippen molar-refractivity contribution >= 4 is 23.6 Å². The fraction of sp³-hybridized carbons (Fsp3) is 0.111. The smallest absolute Gasteiger partial charge is 0.251 e. The summed E-state index contributed by atoms with van der Waals surface area (Å²) >= 11 is 0. The molecule has 0 fully saturated rings. The van der Waals surface area contributed by atoms with E-state index in [0.717, 1.165) is 0 Å². The maximum absolute atomic E-state index is 13.6. The summed E-state index contributed by atoms with van der Waals surface area (Å²) in [6, 6.07) is 10.9. The molecular weight excluding hydrogens is 311 g/mol. The lowest BCUT2D eigenvalue weighted by molar-refractivity contribution is -0.111. The van der Waals surface area contributed by atoms with Crippen LogP contribution in [0.2, 0.25) is 0 Å². The van der Waals surface area contributed by atoms with Crippen LogP contribution in [0.5, 0.6) is 5.75 Å². The van der Waals surface area contributed by atoms with Gasteiger partial charge in [-0.05, 0) is 48.0 Å². The second-order valence-electron chi connectivity index (χ2n) is 4.87. The van der Waals surface area contributed by atoms with E-state index in [9.17, 15) is 14.0 Å². The van der Waals surface area contributed by atoms with Gasteiger partial charge in [-0.25, -0.2) is 4.39 Å². The number of hydrogen-bond acceptors (Lipinski definition) is 3. The van der Waals surface area contributed by atoms with Crippen molar-refractivity contribution in [3.8, 4) is 5.75 Å². The van der Waals surface area contributed by atoms with E-state index < -0.39 is 5.82 Å². The monoisotopic (exact) mass is 328 g/mol. The Morgan fingerprint density at radius 2 is 1.83 bits per heavy atom. The van der Waals surface area contributed by atoms with Crippen LogP contribution in [0.3, 0.4) is 0 Å². The Bertz CT molecular complexity index is 770. The summed E-state index contributed by atoms with van der Waals surface area (Å²) in [5.41, 5.74) is 1.59. The second kappa shape index (κ2) is 7.92. The number of carbonyl (C=O) groups is 2. The number of halogens is 1. The fourth-order valence-corrected chi connectivity index (χ4v) is 1.99. The van der Waals surface area contributed by atoms with Crippen molar-refractivity contribution in [2.45, 2.75) is 0 Å². The topological polar surface area (TPSA) is 67.4 Å². The first-order valence-corrected chi connectivity index (χ1v) is 7.18. The number of ether oxygens (including phenoxy) is 1. The zero-order valence-corrected chi connectivity index (χ0v) is 13.3. The molecule has 0 radical (unpaired) electrons. The Hall–Kier alpha value is -3.15. The number of methoxy groups -OCH3 is 1. The van der Waals surface area contributed by atoms with Crippen LogP contribution >= 0.6 is 0 Å². The maximum Gasteiger partial charge on any atom is 0.251 e. The first-order chi connectivity index (χ1) is 11.5. The van der Waals surface area contributed by atoms with Crippen LogP contribution in [0.1, 0.15) is 15.9 Å². The lowest BCUT2D eigenvalue weighted by Crippen LogP contribution is -2.17. The van der Waals surface area contributed by atoms with E-state index in [2.05, 4.69) is 10.6 Å². The van der Waals surface area contributed by atoms with Crippen LogP contribution in [0.15, 0.2) is 48.5 Å². The molecule has 0 saturated carbocycles. The number of nitrogens with one attached hydrogen (secondary N) is 2. The van der Waals surface area contributed by atoms with Crippen LogP contribution in [0.4, 0.5) is 10.1 Å². The van der Waals surface area contributed by atoms with Gasteiger partial charge < -0.3 is 15.4 Å². The number of benzene rings is 2. The largest absolute Gasteiger partial charge is 0.494 e. The Morgan fingerprint density at radius 1 is 1.12 bits per heavy atom. The van der Waals surface area contributed by atoms with Crippen LogP contribution < -0.4 is 15.4 Å². The minimum absolute atomic E-state index is 0.146. The SMILES string of the molecule is CNC(=O)c1ccc(NC(=O)/C=C/c2ccc(OC)c(F)c2)cc1. The zero-order valence-electron chi connectivity index (χ0n) is 13.3. The summed E-state index contributed by atoms with van der Waals surface area (Å²) in [4.78, 5) is 23.3. The Kier molecular flexibility index (Phi) is 5.68. The van der Waals surface area contributed by atoms with E-state index in [1.54, 1.807) is 37.4 Å². The molecule has 0 atom stereocenters. The molecule has 0 heterocycles. The highest BCUT2D eigenvalue weighted by Crippen LogP contribution is 2.18. The van der Waals surface area contributed by atoms with Gasteiger partial charge in [0.2, 0.25) is 5.91 Å². The Labute approximate surface area is 139 Å². The molecule has 6 heteroatoms. The third kappa shape index (κ3) is 4.42. The van der Waals surface area contributed by atoms with Gasteiger partial charge in [-0.15, -0.1) is 0 Å². The lowest BCUT2D eigenvalue weighted by atomic mass is 10.2. The summed E-state index contributed by atoms with van der Waals surface area (Å²) in [6.45, 7) is 0. The van der Waals surface area contributed by atoms with Crippen molar-refractivity contribution in [1.82, 2.24) is 5.32 Å². The Balaban J connectivity index is 2.00. The van der Waals surface area contributed by atoms with Crippen molar-refractivity contribution < 1.29 is 18.7 Å². The minimum atomic E-state index is -0.496. The minimum Gasteiger partial charge on any atom is -0.494 e. The molecule has 0 aliphatic rings. The van der Waals surface area contributed by atoms with Crippen molar-refractivity contribution in [3.63, 3.8) is 0 Å². The van der Waals surface area contributed by atoms with Gasteiger partial charge in [0.15, 0.2) is 11.6 Å². The highest BCUT2D eigenvalue weighted by molar-refractivity contribution is 6.02. The van der Waals surface area contributed by atoms with Gasteiger partial charge in [-0.3, -0.25) is 9.59 Å². The van der Waals surface area contributed by atoms with Gasteiger partial charge in [0.05, 0.1) is 7.11 Å². The third-order valence-electron chi connectivity index (χ3n) is 3.24. The molecule has 0 aliphatic heterocycles. The first-order valence-electron chi connectivity index (χ1n) is 7.18. The number of carbonyl (C=O) groups excluding carboxylic acids is 2. The summed E-state index contributed by atoms with van der Waals surface area (Å²) in [5.74, 6) is -0.911. The number of amides is 2. The van der Waals surface area contributed by atoms with Crippen LogP contribution in [0, 0.1) is 5.82 Å². The van der Waals surface area contributed by atoms with E-state index in [4.69, 9.17) is 4.74 Å². The molecular formula is C18H17FN2O3. The molecule has 0 saturated heterocycles. The van der Waals surface area contributed by atoms with E-state index in [1.165, 1.54) is 31.4 Å². The molecule has 5 nitrogen and oxygen atoms in total. The Morgan fingerprint density at radius 3 is 2.42 bits per heavy atom. The second-order valence-corrected chi connectivity index (χ2v) is 4.87. The maximum atomic E-state index is 13.6. The van der Waals surface area contributed by atoms with E-state index >= 15 is 0 Å². The molecule has 0 unspecified atom stereocenters. The molecule has 0 aliphatic carbocycles. The average Bonchev–Trinajstić information content (AvgIpc) is 2.60. The van der Waals surface area contributed by atoms with Crippen molar-refractivity contribution in [3.05, 3.63) is 65.5 Å². The van der Waals surface area contributed by atoms with E-state index in [0.29, 0.717) is 16.8 Å². The zero-order chi connectivity index (χ0) is 17.5. The molecule has 124 valence electrons. The van der Waals surface area contributed by atoms with Crippen LogP contribution in [-0.2, 0) is 4.79 Å². The summed E-state index contributed by atoms with van der Waals surface area (Å²) in [5, 5.41) is 5.17. The molecule has 2 amide bonds. The normalized spacial score (nSPS) is 10.5. The van der Waals surface area contributed by atoms with Gasteiger partial charge in [0, 0.05) is 24.4 Å². The van der Waals surface area contributed by atoms with E-state index in [1.807, 2.05) is 0 Å². The van der Waals surface area contributed by atoms with Gasteiger partial charge in [-0.2, -0.15) is 0 Å². The van der Waals surface area contributed by atoms with Crippen molar-refractivity contribution in [2.24, 2.45) is 0 Å². The molecule has 2 aromatic carbocycles. The average molecular weight is 328 g/mol. The van der Waals surface area contributed by atoms with Crippen LogP contribution in [-0.4, -0.2) is 26.0 Å². The molecule has 0 bridgehead atoms. The molecule has 2 N–H and O–H groups in total. The highest BCUT2D eigenvalue weighted by Gasteiger charge is 2.04. The van der Waals surface area contributed by atoms with E-state index in [-0.39, 0.29) is 17.6 Å². The van der Waals surface area contributed by atoms with Gasteiger partial charge >= 0.3 is 0 Å². The quantitative estimate of drug-likeness (QED) is 0.830. The molecule has 2 aromatic rings. The third-order valence-corrected chi connectivity index (χ3v) is 3.24. The van der Waals surface area contributed by atoms with Gasteiger partial charge in [0.1, 0.15) is 0 Å². The molecule has 0 spiro atoms.